The molecule has 0 saturated carbocycles. The second-order valence-corrected chi connectivity index (χ2v) is 11.9. The van der Waals surface area contributed by atoms with Gasteiger partial charge in [-0.2, -0.15) is 8.42 Å². The maximum atomic E-state index is 13.3. The van der Waals surface area contributed by atoms with E-state index in [1.54, 1.807) is 25.1 Å². The first kappa shape index (κ1) is 35.5. The molecule has 252 valence electrons. The number of hydrogen-bond acceptors (Lipinski definition) is 9. The van der Waals surface area contributed by atoms with Crippen LogP contribution < -0.4 is 20.1 Å². The smallest absolute Gasteiger partial charge is 0.394 e. The van der Waals surface area contributed by atoms with Crippen molar-refractivity contribution in [3.05, 3.63) is 83.2 Å². The Balaban J connectivity index is 0.000000968. The molecular formula is C33H35N4O10S+. The lowest BCUT2D eigenvalue weighted by atomic mass is 9.89. The van der Waals surface area contributed by atoms with E-state index in [0.29, 0.717) is 28.0 Å². The first-order valence-electron chi connectivity index (χ1n) is 14.6. The second-order valence-electron chi connectivity index (χ2n) is 11.0. The predicted octanol–water partition coefficient (Wildman–Crippen LogP) is 2.48. The van der Waals surface area contributed by atoms with Crippen LogP contribution in [-0.4, -0.2) is 94.0 Å². The summed E-state index contributed by atoms with van der Waals surface area (Å²) in [5.41, 5.74) is 4.16. The number of esters is 1. The monoisotopic (exact) mass is 679 g/mol. The number of ether oxygens (including phenoxy) is 1. The van der Waals surface area contributed by atoms with E-state index in [1.807, 2.05) is 74.1 Å². The minimum atomic E-state index is -4.67. The molecule has 15 heteroatoms. The Morgan fingerprint density at radius 2 is 1.62 bits per heavy atom. The van der Waals surface area contributed by atoms with E-state index in [1.165, 1.54) is 12.2 Å². The fraction of sp³-hybridized carbons (Fsp3) is 0.242. The van der Waals surface area contributed by atoms with Crippen LogP contribution in [0, 0.1) is 0 Å². The molecule has 3 N–H and O–H groups in total. The molecule has 0 atom stereocenters. The van der Waals surface area contributed by atoms with E-state index in [9.17, 15) is 19.2 Å². The van der Waals surface area contributed by atoms with E-state index in [4.69, 9.17) is 26.7 Å². The number of amides is 3. The normalized spacial score (nSPS) is 12.6. The highest BCUT2D eigenvalue weighted by Crippen LogP contribution is 2.42. The highest BCUT2D eigenvalue weighted by Gasteiger charge is 2.26. The SMILES string of the molecule is CCOC(=O)c1ccc(C(=O)NCCN2C(=O)C=CC2=O)cc1-c1c2ccc(=[N+](C)C)cc-2oc2cc(N(C)C)ccc12.O=S(=O)(O)O. The summed E-state index contributed by atoms with van der Waals surface area (Å²) in [6.07, 6.45) is 2.41. The van der Waals surface area contributed by atoms with Gasteiger partial charge in [0.2, 0.25) is 5.36 Å². The molecule has 5 rings (SSSR count). The standard InChI is InChI=1S/C33H32N4O6.H2O4S/c1-6-42-33(41)23-10-7-20(32(40)34-15-16-37-29(38)13-14-30(37)39)17-26(23)31-24-11-8-21(35(2)3)18-27(24)43-28-19-22(36(4)5)9-12-25(28)31;1-5(2,3)4/h7-14,17-19H,6,15-16H2,1-5H3;(H2,1,2,3,4)/p+1. The van der Waals surface area contributed by atoms with E-state index < -0.39 is 34.1 Å². The average Bonchev–Trinajstić information content (AvgIpc) is 3.34. The van der Waals surface area contributed by atoms with Crippen LogP contribution in [0.2, 0.25) is 0 Å². The molecule has 2 aliphatic heterocycles. The summed E-state index contributed by atoms with van der Waals surface area (Å²) in [7, 11) is 3.11. The molecule has 0 aromatic heterocycles. The Morgan fingerprint density at radius 3 is 2.23 bits per heavy atom. The third-order valence-corrected chi connectivity index (χ3v) is 7.29. The molecule has 0 radical (unpaired) electrons. The molecule has 0 saturated heterocycles. The minimum Gasteiger partial charge on any atom is -0.462 e. The van der Waals surface area contributed by atoms with Gasteiger partial charge in [0.15, 0.2) is 0 Å². The van der Waals surface area contributed by atoms with E-state index in [-0.39, 0.29) is 19.7 Å². The largest absolute Gasteiger partial charge is 0.462 e. The Morgan fingerprint density at radius 1 is 0.958 bits per heavy atom. The summed E-state index contributed by atoms with van der Waals surface area (Å²) >= 11 is 0. The van der Waals surface area contributed by atoms with Gasteiger partial charge >= 0.3 is 16.4 Å². The number of carbonyl (C=O) groups is 4. The minimum absolute atomic E-state index is 0.0437. The van der Waals surface area contributed by atoms with E-state index in [0.717, 1.165) is 32.5 Å². The third kappa shape index (κ3) is 8.31. The maximum absolute atomic E-state index is 13.3. The van der Waals surface area contributed by atoms with Crippen LogP contribution in [0.15, 0.2) is 71.2 Å². The van der Waals surface area contributed by atoms with Crippen LogP contribution in [-0.2, 0) is 24.7 Å². The molecule has 0 unspecified atom stereocenters. The fourth-order valence-corrected chi connectivity index (χ4v) is 5.03. The van der Waals surface area contributed by atoms with E-state index in [2.05, 4.69) is 5.32 Å². The summed E-state index contributed by atoms with van der Waals surface area (Å²) in [5.74, 6) is -1.14. The van der Waals surface area contributed by atoms with Gasteiger partial charge in [-0.3, -0.25) is 28.4 Å². The Labute approximate surface area is 276 Å². The van der Waals surface area contributed by atoms with Gasteiger partial charge in [-0.15, -0.1) is 0 Å². The third-order valence-electron chi connectivity index (χ3n) is 7.29. The molecule has 3 aliphatic rings. The average molecular weight is 680 g/mol. The van der Waals surface area contributed by atoms with Crippen LogP contribution in [0.4, 0.5) is 5.69 Å². The lowest BCUT2D eigenvalue weighted by Crippen LogP contribution is -2.38. The van der Waals surface area contributed by atoms with Crippen molar-refractivity contribution in [1.29, 1.82) is 0 Å². The van der Waals surface area contributed by atoms with Crippen molar-refractivity contribution >= 4 is 50.7 Å². The zero-order valence-electron chi connectivity index (χ0n) is 26.9. The molecular weight excluding hydrogens is 644 g/mol. The molecule has 2 aromatic carbocycles. The van der Waals surface area contributed by atoms with Crippen LogP contribution in [0.3, 0.4) is 0 Å². The van der Waals surface area contributed by atoms with Gasteiger partial charge in [-0.1, -0.05) is 0 Å². The Bertz CT molecular complexity index is 2070. The summed E-state index contributed by atoms with van der Waals surface area (Å²) in [4.78, 5) is 53.3. The van der Waals surface area contributed by atoms with Crippen LogP contribution in [0.25, 0.3) is 33.4 Å². The highest BCUT2D eigenvalue weighted by atomic mass is 32.3. The van der Waals surface area contributed by atoms with Crippen LogP contribution >= 0.6 is 0 Å². The first-order valence-corrected chi connectivity index (χ1v) is 16.0. The Hall–Kier alpha value is -5.38. The molecule has 0 bridgehead atoms. The lowest BCUT2D eigenvalue weighted by molar-refractivity contribution is -0.136. The molecule has 0 fully saturated rings. The topological polar surface area (TPSA) is 187 Å². The number of fused-ring (bicyclic) bond motifs is 2. The number of benzene rings is 3. The van der Waals surface area contributed by atoms with Crippen molar-refractivity contribution in [3.63, 3.8) is 0 Å². The number of carbonyl (C=O) groups excluding carboxylic acids is 4. The second kappa shape index (κ2) is 14.6. The van der Waals surface area contributed by atoms with Gasteiger partial charge in [-0.05, 0) is 48.9 Å². The van der Waals surface area contributed by atoms with Crippen LogP contribution in [0.1, 0.15) is 27.6 Å². The van der Waals surface area contributed by atoms with Crippen LogP contribution in [0.5, 0.6) is 0 Å². The van der Waals surface area contributed by atoms with Gasteiger partial charge in [0.25, 0.3) is 17.7 Å². The van der Waals surface area contributed by atoms with Crippen molar-refractivity contribution in [2.75, 3.05) is 52.8 Å². The zero-order valence-corrected chi connectivity index (χ0v) is 27.7. The number of nitrogens with zero attached hydrogens (tertiary/aromatic N) is 3. The molecule has 48 heavy (non-hydrogen) atoms. The summed E-state index contributed by atoms with van der Waals surface area (Å²) in [5, 5.41) is 4.48. The first-order chi connectivity index (χ1) is 22.6. The molecule has 3 amide bonds. The number of anilines is 1. The van der Waals surface area contributed by atoms with Gasteiger partial charge in [0, 0.05) is 79.2 Å². The lowest BCUT2D eigenvalue weighted by Gasteiger charge is -2.20. The molecule has 0 spiro atoms. The van der Waals surface area contributed by atoms with Gasteiger partial charge in [0.05, 0.1) is 18.2 Å². The van der Waals surface area contributed by atoms with Crippen molar-refractivity contribution in [2.45, 2.75) is 6.92 Å². The fourth-order valence-electron chi connectivity index (χ4n) is 5.03. The maximum Gasteiger partial charge on any atom is 0.394 e. The van der Waals surface area contributed by atoms with Gasteiger partial charge in [0.1, 0.15) is 25.4 Å². The van der Waals surface area contributed by atoms with Crippen molar-refractivity contribution in [1.82, 2.24) is 14.8 Å². The molecule has 2 aromatic rings. The molecule has 1 aliphatic carbocycles. The number of rotatable bonds is 8. The molecule has 14 nitrogen and oxygen atoms in total. The van der Waals surface area contributed by atoms with Crippen molar-refractivity contribution in [2.24, 2.45) is 0 Å². The van der Waals surface area contributed by atoms with Crippen molar-refractivity contribution < 1.29 is 45.9 Å². The quantitative estimate of drug-likeness (QED) is 0.0817. The summed E-state index contributed by atoms with van der Waals surface area (Å²) in [6, 6.07) is 16.5. The number of nitrogens with one attached hydrogen (secondary N) is 1. The number of imide groups is 1. The zero-order chi connectivity index (χ0) is 35.3. The van der Waals surface area contributed by atoms with E-state index >= 15 is 0 Å². The number of hydrogen-bond donors (Lipinski definition) is 3. The molecule has 2 heterocycles. The van der Waals surface area contributed by atoms with Crippen molar-refractivity contribution in [3.8, 4) is 22.5 Å². The van der Waals surface area contributed by atoms with Gasteiger partial charge < -0.3 is 19.4 Å². The predicted molar refractivity (Wildman–Crippen MR) is 178 cm³/mol. The van der Waals surface area contributed by atoms with Gasteiger partial charge in [-0.25, -0.2) is 9.37 Å². The Kier molecular flexibility index (Phi) is 10.8. The summed E-state index contributed by atoms with van der Waals surface area (Å²) < 4.78 is 45.4. The highest BCUT2D eigenvalue weighted by molar-refractivity contribution is 7.79. The summed E-state index contributed by atoms with van der Waals surface area (Å²) in [6.45, 7) is 2.04.